The molecule has 5 nitrogen and oxygen atoms in total. The summed E-state index contributed by atoms with van der Waals surface area (Å²) in [6, 6.07) is 6.15. The lowest BCUT2D eigenvalue weighted by molar-refractivity contribution is 0.392. The van der Waals surface area contributed by atoms with E-state index in [2.05, 4.69) is 16.2 Å². The first-order chi connectivity index (χ1) is 9.06. The molecule has 0 aliphatic carbocycles. The number of fused-ring (bicyclic) bond motifs is 1. The van der Waals surface area contributed by atoms with Crippen LogP contribution in [0.5, 0.6) is 0 Å². The normalized spacial score (nSPS) is 11.3. The molecule has 2 heterocycles. The topological polar surface area (TPSA) is 69.9 Å². The summed E-state index contributed by atoms with van der Waals surface area (Å²) >= 11 is 0. The Morgan fingerprint density at radius 2 is 2.05 bits per heavy atom. The molecule has 3 rings (SSSR count). The van der Waals surface area contributed by atoms with Crippen LogP contribution in [0.3, 0.4) is 0 Å². The maximum atomic E-state index is 6.02. The van der Waals surface area contributed by atoms with Gasteiger partial charge in [0.05, 0.1) is 23.3 Å². The van der Waals surface area contributed by atoms with Crippen LogP contribution < -0.4 is 5.73 Å². The van der Waals surface area contributed by atoms with Crippen molar-refractivity contribution >= 4 is 17.0 Å². The third-order valence-electron chi connectivity index (χ3n) is 3.43. The van der Waals surface area contributed by atoms with Crippen molar-refractivity contribution in [3.8, 4) is 0 Å². The fraction of sp³-hybridized carbons (Fsp3) is 0.286. The van der Waals surface area contributed by atoms with Crippen molar-refractivity contribution in [2.75, 3.05) is 5.73 Å². The Kier molecular flexibility index (Phi) is 2.55. The van der Waals surface area contributed by atoms with Crippen LogP contribution in [-0.2, 0) is 6.54 Å². The second-order valence-corrected chi connectivity index (χ2v) is 4.85. The fourth-order valence-electron chi connectivity index (χ4n) is 2.31. The Labute approximate surface area is 111 Å². The SMILES string of the molecule is Cc1ccc2c(c1)nc(N)n2Cc1c(C)noc1C. The molecule has 98 valence electrons. The summed E-state index contributed by atoms with van der Waals surface area (Å²) in [5.74, 6) is 1.34. The summed E-state index contributed by atoms with van der Waals surface area (Å²) in [6.07, 6.45) is 0. The van der Waals surface area contributed by atoms with E-state index >= 15 is 0 Å². The maximum absolute atomic E-state index is 6.02. The second kappa shape index (κ2) is 4.12. The maximum Gasteiger partial charge on any atom is 0.201 e. The molecular formula is C14H16N4O. The molecule has 0 atom stereocenters. The first-order valence-electron chi connectivity index (χ1n) is 6.20. The summed E-state index contributed by atoms with van der Waals surface area (Å²) in [6.45, 7) is 6.52. The first-order valence-corrected chi connectivity index (χ1v) is 6.20. The first kappa shape index (κ1) is 11.8. The van der Waals surface area contributed by atoms with Crippen molar-refractivity contribution in [3.63, 3.8) is 0 Å². The van der Waals surface area contributed by atoms with Gasteiger partial charge in [0.15, 0.2) is 0 Å². The van der Waals surface area contributed by atoms with E-state index in [1.165, 1.54) is 5.56 Å². The van der Waals surface area contributed by atoms with E-state index in [0.29, 0.717) is 12.5 Å². The number of nitrogens with zero attached hydrogens (tertiary/aromatic N) is 3. The molecule has 0 bridgehead atoms. The van der Waals surface area contributed by atoms with Crippen molar-refractivity contribution < 1.29 is 4.52 Å². The average Bonchev–Trinajstić information content (AvgIpc) is 2.83. The van der Waals surface area contributed by atoms with Crippen LogP contribution in [-0.4, -0.2) is 14.7 Å². The lowest BCUT2D eigenvalue weighted by atomic mass is 10.2. The number of rotatable bonds is 2. The molecule has 2 aromatic heterocycles. The largest absolute Gasteiger partial charge is 0.369 e. The van der Waals surface area contributed by atoms with E-state index in [4.69, 9.17) is 10.3 Å². The Balaban J connectivity index is 2.13. The van der Waals surface area contributed by atoms with E-state index in [9.17, 15) is 0 Å². The molecule has 0 aliphatic heterocycles. The number of benzene rings is 1. The molecule has 1 aromatic carbocycles. The van der Waals surface area contributed by atoms with Crippen LogP contribution in [0.4, 0.5) is 5.95 Å². The third-order valence-corrected chi connectivity index (χ3v) is 3.43. The molecular weight excluding hydrogens is 240 g/mol. The van der Waals surface area contributed by atoms with Crippen LogP contribution >= 0.6 is 0 Å². The van der Waals surface area contributed by atoms with Gasteiger partial charge in [-0.25, -0.2) is 4.98 Å². The zero-order valence-electron chi connectivity index (χ0n) is 11.3. The minimum absolute atomic E-state index is 0.514. The van der Waals surface area contributed by atoms with Gasteiger partial charge in [-0.15, -0.1) is 0 Å². The van der Waals surface area contributed by atoms with Gasteiger partial charge < -0.3 is 14.8 Å². The lowest BCUT2D eigenvalue weighted by Crippen LogP contribution is -2.05. The standard InChI is InChI=1S/C14H16N4O/c1-8-4-5-13-12(6-8)16-14(15)18(13)7-11-9(2)17-19-10(11)3/h4-6H,7H2,1-3H3,(H2,15,16). The Morgan fingerprint density at radius 3 is 2.74 bits per heavy atom. The van der Waals surface area contributed by atoms with Crippen molar-refractivity contribution in [1.82, 2.24) is 14.7 Å². The number of anilines is 1. The zero-order valence-corrected chi connectivity index (χ0v) is 11.3. The summed E-state index contributed by atoms with van der Waals surface area (Å²) in [5.41, 5.74) is 11.1. The van der Waals surface area contributed by atoms with Crippen LogP contribution in [0.1, 0.15) is 22.6 Å². The van der Waals surface area contributed by atoms with Gasteiger partial charge in [0, 0.05) is 5.56 Å². The Hall–Kier alpha value is -2.30. The van der Waals surface area contributed by atoms with Gasteiger partial charge in [0.25, 0.3) is 0 Å². The third kappa shape index (κ3) is 1.87. The summed E-state index contributed by atoms with van der Waals surface area (Å²) in [4.78, 5) is 4.40. The van der Waals surface area contributed by atoms with E-state index in [1.807, 2.05) is 37.5 Å². The highest BCUT2D eigenvalue weighted by molar-refractivity contribution is 5.79. The highest BCUT2D eigenvalue weighted by atomic mass is 16.5. The number of imidazole rings is 1. The molecule has 0 unspecified atom stereocenters. The molecule has 0 spiro atoms. The minimum atomic E-state index is 0.514. The highest BCUT2D eigenvalue weighted by Gasteiger charge is 2.14. The van der Waals surface area contributed by atoms with Crippen molar-refractivity contribution in [3.05, 3.63) is 40.8 Å². The predicted molar refractivity (Wildman–Crippen MR) is 74.0 cm³/mol. The van der Waals surface area contributed by atoms with Gasteiger partial charge in [0.2, 0.25) is 5.95 Å². The molecule has 3 aromatic rings. The molecule has 0 fully saturated rings. The second-order valence-electron chi connectivity index (χ2n) is 4.85. The van der Waals surface area contributed by atoms with Crippen molar-refractivity contribution in [2.24, 2.45) is 0 Å². The van der Waals surface area contributed by atoms with Gasteiger partial charge >= 0.3 is 0 Å². The molecule has 0 aliphatic rings. The number of nitrogens with two attached hydrogens (primary N) is 1. The molecule has 2 N–H and O–H groups in total. The Morgan fingerprint density at radius 1 is 1.26 bits per heavy atom. The predicted octanol–water partition coefficient (Wildman–Crippen LogP) is 2.58. The van der Waals surface area contributed by atoms with Gasteiger partial charge in [-0.1, -0.05) is 11.2 Å². The van der Waals surface area contributed by atoms with Gasteiger partial charge in [0.1, 0.15) is 5.76 Å². The van der Waals surface area contributed by atoms with Gasteiger partial charge in [-0.2, -0.15) is 0 Å². The molecule has 0 saturated heterocycles. The zero-order chi connectivity index (χ0) is 13.6. The average molecular weight is 256 g/mol. The van der Waals surface area contributed by atoms with E-state index in [0.717, 1.165) is 28.1 Å². The van der Waals surface area contributed by atoms with Crippen LogP contribution in [0, 0.1) is 20.8 Å². The van der Waals surface area contributed by atoms with E-state index in [1.54, 1.807) is 0 Å². The Bertz CT molecular complexity index is 735. The molecule has 0 saturated carbocycles. The van der Waals surface area contributed by atoms with Crippen molar-refractivity contribution in [2.45, 2.75) is 27.3 Å². The number of nitrogen functional groups attached to an aromatic ring is 1. The quantitative estimate of drug-likeness (QED) is 0.765. The molecule has 5 heteroatoms. The lowest BCUT2D eigenvalue weighted by Gasteiger charge is -2.06. The van der Waals surface area contributed by atoms with Crippen LogP contribution in [0.25, 0.3) is 11.0 Å². The molecule has 19 heavy (non-hydrogen) atoms. The number of hydrogen-bond acceptors (Lipinski definition) is 4. The minimum Gasteiger partial charge on any atom is -0.369 e. The molecule has 0 amide bonds. The van der Waals surface area contributed by atoms with Gasteiger partial charge in [-0.05, 0) is 38.5 Å². The number of hydrogen-bond donors (Lipinski definition) is 1. The van der Waals surface area contributed by atoms with Crippen LogP contribution in [0.2, 0.25) is 0 Å². The monoisotopic (exact) mass is 256 g/mol. The van der Waals surface area contributed by atoms with Gasteiger partial charge in [-0.3, -0.25) is 0 Å². The number of aryl methyl sites for hydroxylation is 3. The van der Waals surface area contributed by atoms with Crippen LogP contribution in [0.15, 0.2) is 22.7 Å². The van der Waals surface area contributed by atoms with E-state index in [-0.39, 0.29) is 0 Å². The summed E-state index contributed by atoms with van der Waals surface area (Å²) < 4.78 is 7.18. The summed E-state index contributed by atoms with van der Waals surface area (Å²) in [5, 5.41) is 3.97. The fourth-order valence-corrected chi connectivity index (χ4v) is 2.31. The summed E-state index contributed by atoms with van der Waals surface area (Å²) in [7, 11) is 0. The molecule has 0 radical (unpaired) electrons. The number of aromatic nitrogens is 3. The highest BCUT2D eigenvalue weighted by Crippen LogP contribution is 2.22. The van der Waals surface area contributed by atoms with E-state index < -0.39 is 0 Å². The van der Waals surface area contributed by atoms with Crippen molar-refractivity contribution in [1.29, 1.82) is 0 Å². The smallest absolute Gasteiger partial charge is 0.201 e.